The number of carboxylic acids is 1. The summed E-state index contributed by atoms with van der Waals surface area (Å²) in [6.45, 7) is 4.04. The smallest absolute Gasteiger partial charge is 0.343 e. The molecule has 2 nitrogen and oxygen atoms in total. The van der Waals surface area contributed by atoms with E-state index < -0.39 is 5.97 Å². The summed E-state index contributed by atoms with van der Waals surface area (Å²) >= 11 is 1.29. The topological polar surface area (TPSA) is 37.3 Å². The van der Waals surface area contributed by atoms with Crippen LogP contribution in [0.25, 0.3) is 5.57 Å². The molecule has 0 bridgehead atoms. The molecule has 3 aromatic rings. The van der Waals surface area contributed by atoms with E-state index in [1.54, 1.807) is 0 Å². The number of carboxylic acid groups (broad SMARTS) is 1. The number of hydrogen-bond donors (Lipinski definition) is 1. The fraction of sp³-hybridized carbons (Fsp3) is 0.0870. The Balaban J connectivity index is 2.18. The van der Waals surface area contributed by atoms with Crippen molar-refractivity contribution < 1.29 is 9.90 Å². The van der Waals surface area contributed by atoms with E-state index in [1.807, 2.05) is 92.7 Å². The van der Waals surface area contributed by atoms with Gasteiger partial charge in [-0.1, -0.05) is 89.6 Å². The van der Waals surface area contributed by atoms with Gasteiger partial charge in [-0.05, 0) is 37.1 Å². The third kappa shape index (κ3) is 4.24. The Labute approximate surface area is 158 Å². The summed E-state index contributed by atoms with van der Waals surface area (Å²) in [5.41, 5.74) is 4.83. The number of aliphatic carboxylic acids is 1. The monoisotopic (exact) mass is 360 g/mol. The van der Waals surface area contributed by atoms with Crippen molar-refractivity contribution in [2.75, 3.05) is 0 Å². The van der Waals surface area contributed by atoms with Crippen molar-refractivity contribution in [1.29, 1.82) is 0 Å². The van der Waals surface area contributed by atoms with Crippen LogP contribution >= 0.6 is 11.8 Å². The maximum absolute atomic E-state index is 12.1. The molecule has 0 aliphatic rings. The fourth-order valence-electron chi connectivity index (χ4n) is 2.68. The van der Waals surface area contributed by atoms with Crippen LogP contribution in [0.15, 0.2) is 88.7 Å². The lowest BCUT2D eigenvalue weighted by molar-refractivity contribution is -0.131. The van der Waals surface area contributed by atoms with Gasteiger partial charge in [-0.2, -0.15) is 0 Å². The van der Waals surface area contributed by atoms with Gasteiger partial charge in [-0.3, -0.25) is 0 Å². The molecule has 26 heavy (non-hydrogen) atoms. The second-order valence-corrected chi connectivity index (χ2v) is 7.24. The predicted octanol–water partition coefficient (Wildman–Crippen LogP) is 5.94. The van der Waals surface area contributed by atoms with E-state index in [2.05, 4.69) is 0 Å². The molecular weight excluding hydrogens is 340 g/mol. The summed E-state index contributed by atoms with van der Waals surface area (Å²) in [7, 11) is 0. The van der Waals surface area contributed by atoms with E-state index in [0.717, 1.165) is 32.7 Å². The third-order valence-electron chi connectivity index (χ3n) is 4.06. The average Bonchev–Trinajstić information content (AvgIpc) is 2.65. The predicted molar refractivity (Wildman–Crippen MR) is 108 cm³/mol. The van der Waals surface area contributed by atoms with E-state index in [-0.39, 0.29) is 0 Å². The molecule has 0 spiro atoms. The Morgan fingerprint density at radius 1 is 0.731 bits per heavy atom. The Morgan fingerprint density at radius 3 is 1.77 bits per heavy atom. The quantitative estimate of drug-likeness (QED) is 0.452. The first-order valence-corrected chi connectivity index (χ1v) is 9.21. The molecule has 0 amide bonds. The molecule has 0 atom stereocenters. The van der Waals surface area contributed by atoms with Crippen LogP contribution in [0.1, 0.15) is 22.3 Å². The van der Waals surface area contributed by atoms with Gasteiger partial charge >= 0.3 is 5.97 Å². The molecule has 0 radical (unpaired) electrons. The van der Waals surface area contributed by atoms with Gasteiger partial charge in [0, 0.05) is 10.5 Å². The second-order valence-electron chi connectivity index (χ2n) is 6.16. The number of aryl methyl sites for hydroxylation is 2. The Bertz CT molecular complexity index is 924. The van der Waals surface area contributed by atoms with Crippen LogP contribution in [-0.2, 0) is 4.79 Å². The van der Waals surface area contributed by atoms with E-state index in [0.29, 0.717) is 4.91 Å². The van der Waals surface area contributed by atoms with Crippen LogP contribution in [-0.4, -0.2) is 11.1 Å². The highest BCUT2D eigenvalue weighted by Crippen LogP contribution is 2.37. The van der Waals surface area contributed by atoms with Crippen molar-refractivity contribution in [2.45, 2.75) is 18.7 Å². The minimum atomic E-state index is -0.921. The normalized spacial score (nSPS) is 11.8. The van der Waals surface area contributed by atoms with Crippen LogP contribution in [0.5, 0.6) is 0 Å². The van der Waals surface area contributed by atoms with Crippen molar-refractivity contribution in [3.8, 4) is 0 Å². The van der Waals surface area contributed by atoms with Gasteiger partial charge in [-0.25, -0.2) is 4.79 Å². The van der Waals surface area contributed by atoms with E-state index in [1.165, 1.54) is 11.8 Å². The lowest BCUT2D eigenvalue weighted by atomic mass is 9.96. The van der Waals surface area contributed by atoms with Crippen LogP contribution in [0.3, 0.4) is 0 Å². The maximum atomic E-state index is 12.1. The van der Waals surface area contributed by atoms with Gasteiger partial charge in [-0.15, -0.1) is 0 Å². The van der Waals surface area contributed by atoms with E-state index >= 15 is 0 Å². The summed E-state index contributed by atoms with van der Waals surface area (Å²) in [5.74, 6) is -0.921. The molecule has 0 fully saturated rings. The molecule has 0 saturated carbocycles. The fourth-order valence-corrected chi connectivity index (χ4v) is 3.61. The van der Waals surface area contributed by atoms with Gasteiger partial charge in [0.1, 0.15) is 4.91 Å². The molecule has 3 aromatic carbocycles. The molecular formula is C23H20O2S. The van der Waals surface area contributed by atoms with Crippen LogP contribution in [0, 0.1) is 13.8 Å². The minimum Gasteiger partial charge on any atom is -0.477 e. The SMILES string of the molecule is Cc1ccc(S/C(C(=O)O)=C(\c2ccccc2)c2ccc(C)cc2)cc1. The Morgan fingerprint density at radius 2 is 1.23 bits per heavy atom. The summed E-state index contributed by atoms with van der Waals surface area (Å²) in [6, 6.07) is 25.6. The Kier molecular flexibility index (Phi) is 5.59. The van der Waals surface area contributed by atoms with Crippen molar-refractivity contribution in [3.63, 3.8) is 0 Å². The zero-order valence-electron chi connectivity index (χ0n) is 14.8. The van der Waals surface area contributed by atoms with Crippen molar-refractivity contribution in [3.05, 3.63) is 106 Å². The zero-order valence-corrected chi connectivity index (χ0v) is 15.6. The molecule has 0 unspecified atom stereocenters. The molecule has 0 heterocycles. The largest absolute Gasteiger partial charge is 0.477 e. The standard InChI is InChI=1S/C23H20O2S/c1-16-8-12-19(13-9-16)21(18-6-4-3-5-7-18)22(23(24)25)26-20-14-10-17(2)11-15-20/h3-15H,1-2H3,(H,24,25)/b22-21+. The molecule has 0 aromatic heterocycles. The van der Waals surface area contributed by atoms with Crippen LogP contribution in [0.4, 0.5) is 0 Å². The highest BCUT2D eigenvalue weighted by Gasteiger charge is 2.19. The summed E-state index contributed by atoms with van der Waals surface area (Å²) in [5, 5.41) is 9.96. The molecule has 0 saturated heterocycles. The van der Waals surface area contributed by atoms with Gasteiger partial charge in [0.25, 0.3) is 0 Å². The van der Waals surface area contributed by atoms with Crippen LogP contribution < -0.4 is 0 Å². The first kappa shape index (κ1) is 18.0. The number of thioether (sulfide) groups is 1. The second kappa shape index (κ2) is 8.07. The zero-order chi connectivity index (χ0) is 18.5. The molecule has 3 heteroatoms. The van der Waals surface area contributed by atoms with Crippen LogP contribution in [0.2, 0.25) is 0 Å². The highest BCUT2D eigenvalue weighted by molar-refractivity contribution is 8.04. The third-order valence-corrected chi connectivity index (χ3v) is 5.16. The number of rotatable bonds is 5. The highest BCUT2D eigenvalue weighted by atomic mass is 32.2. The first-order valence-electron chi connectivity index (χ1n) is 8.39. The average molecular weight is 360 g/mol. The van der Waals surface area contributed by atoms with Crippen molar-refractivity contribution >= 4 is 23.3 Å². The van der Waals surface area contributed by atoms with Gasteiger partial charge in [0.15, 0.2) is 0 Å². The summed E-state index contributed by atoms with van der Waals surface area (Å²) in [4.78, 5) is 13.4. The molecule has 3 rings (SSSR count). The summed E-state index contributed by atoms with van der Waals surface area (Å²) in [6.07, 6.45) is 0. The van der Waals surface area contributed by atoms with E-state index in [4.69, 9.17) is 0 Å². The summed E-state index contributed by atoms with van der Waals surface area (Å²) < 4.78 is 0. The lowest BCUT2D eigenvalue weighted by Gasteiger charge is -2.14. The molecule has 0 aliphatic heterocycles. The first-order chi connectivity index (χ1) is 12.5. The molecule has 1 N–H and O–H groups in total. The van der Waals surface area contributed by atoms with Crippen molar-refractivity contribution in [1.82, 2.24) is 0 Å². The van der Waals surface area contributed by atoms with Gasteiger partial charge in [0.05, 0.1) is 0 Å². The number of hydrogen-bond acceptors (Lipinski definition) is 2. The minimum absolute atomic E-state index is 0.323. The maximum Gasteiger partial charge on any atom is 0.343 e. The Hall–Kier alpha value is -2.78. The molecule has 0 aliphatic carbocycles. The van der Waals surface area contributed by atoms with Gasteiger partial charge in [0.2, 0.25) is 0 Å². The number of carbonyl (C=O) groups is 1. The molecule has 130 valence electrons. The van der Waals surface area contributed by atoms with E-state index in [9.17, 15) is 9.90 Å². The van der Waals surface area contributed by atoms with Gasteiger partial charge < -0.3 is 5.11 Å². The number of benzene rings is 3. The van der Waals surface area contributed by atoms with Crippen molar-refractivity contribution in [2.24, 2.45) is 0 Å². The lowest BCUT2D eigenvalue weighted by Crippen LogP contribution is -2.03.